The summed E-state index contributed by atoms with van der Waals surface area (Å²) < 4.78 is 46.8. The number of benzene rings is 1. The van der Waals surface area contributed by atoms with Crippen LogP contribution in [0.25, 0.3) is 11.4 Å². The molecule has 1 amide bonds. The first kappa shape index (κ1) is 17.6. The van der Waals surface area contributed by atoms with Crippen LogP contribution in [0.1, 0.15) is 27.7 Å². The molecule has 2 aromatic heterocycles. The number of carbonyl (C=O) groups is 1. The summed E-state index contributed by atoms with van der Waals surface area (Å²) in [6, 6.07) is 8.07. The van der Waals surface area contributed by atoms with Gasteiger partial charge < -0.3 is 13.9 Å². The summed E-state index contributed by atoms with van der Waals surface area (Å²) >= 11 is 0. The zero-order valence-corrected chi connectivity index (χ0v) is 13.7. The Labute approximate surface area is 145 Å². The van der Waals surface area contributed by atoms with Crippen molar-refractivity contribution < 1.29 is 27.0 Å². The van der Waals surface area contributed by atoms with Crippen molar-refractivity contribution in [2.24, 2.45) is 0 Å². The molecule has 136 valence electrons. The number of halogens is 3. The quantitative estimate of drug-likeness (QED) is 0.706. The third-order valence-electron chi connectivity index (χ3n) is 3.44. The number of nitrogens with zero attached hydrogens (tertiary/aromatic N) is 4. The molecule has 0 N–H and O–H groups in total. The van der Waals surface area contributed by atoms with Crippen molar-refractivity contribution in [1.29, 1.82) is 0 Å². The van der Waals surface area contributed by atoms with E-state index in [2.05, 4.69) is 19.8 Å². The maximum atomic E-state index is 12.5. The summed E-state index contributed by atoms with van der Waals surface area (Å²) in [5, 5.41) is 7.05. The maximum absolute atomic E-state index is 12.5. The van der Waals surface area contributed by atoms with Crippen LogP contribution in [0.15, 0.2) is 39.4 Å². The number of carbonyl (C=O) groups excluding carboxylic acids is 1. The van der Waals surface area contributed by atoms with Crippen molar-refractivity contribution in [2.45, 2.75) is 12.6 Å². The molecule has 0 fully saturated rings. The second kappa shape index (κ2) is 6.62. The molecule has 0 aliphatic carbocycles. The molecule has 0 spiro atoms. The lowest BCUT2D eigenvalue weighted by molar-refractivity contribution is -0.159. The molecule has 0 unspecified atom stereocenters. The van der Waals surface area contributed by atoms with Crippen LogP contribution in [0.4, 0.5) is 13.2 Å². The van der Waals surface area contributed by atoms with Gasteiger partial charge >= 0.3 is 12.1 Å². The van der Waals surface area contributed by atoms with E-state index in [1.807, 2.05) is 0 Å². The second-order valence-electron chi connectivity index (χ2n) is 5.67. The third-order valence-corrected chi connectivity index (χ3v) is 3.44. The van der Waals surface area contributed by atoms with Crippen molar-refractivity contribution >= 4 is 5.91 Å². The van der Waals surface area contributed by atoms with Crippen molar-refractivity contribution in [3.05, 3.63) is 53.2 Å². The summed E-state index contributed by atoms with van der Waals surface area (Å²) in [5.74, 6) is -1.33. The normalized spacial score (nSPS) is 11.6. The molecule has 3 aromatic rings. The fourth-order valence-corrected chi connectivity index (χ4v) is 2.15. The molecule has 10 heteroatoms. The molecule has 0 saturated carbocycles. The van der Waals surface area contributed by atoms with E-state index in [9.17, 15) is 18.0 Å². The van der Waals surface area contributed by atoms with E-state index in [-0.39, 0.29) is 17.4 Å². The van der Waals surface area contributed by atoms with Crippen LogP contribution in [0.5, 0.6) is 0 Å². The van der Waals surface area contributed by atoms with Crippen molar-refractivity contribution in [2.75, 3.05) is 14.1 Å². The number of hydrogen-bond acceptors (Lipinski definition) is 6. The topological polar surface area (TPSA) is 85.3 Å². The lowest BCUT2D eigenvalue weighted by atomic mass is 10.1. The fraction of sp³-hybridized carbons (Fsp3) is 0.250. The highest BCUT2D eigenvalue weighted by Gasteiger charge is 2.38. The summed E-state index contributed by atoms with van der Waals surface area (Å²) in [6.07, 6.45) is -4.31. The Hall–Kier alpha value is -3.17. The van der Waals surface area contributed by atoms with Crippen LogP contribution in [0.3, 0.4) is 0 Å². The van der Waals surface area contributed by atoms with E-state index < -0.39 is 12.1 Å². The van der Waals surface area contributed by atoms with Gasteiger partial charge in [-0.05, 0) is 5.56 Å². The lowest BCUT2D eigenvalue weighted by Crippen LogP contribution is -2.21. The Morgan fingerprint density at radius 1 is 1.12 bits per heavy atom. The van der Waals surface area contributed by atoms with E-state index >= 15 is 0 Å². The molecular formula is C16H13F3N4O3. The highest BCUT2D eigenvalue weighted by atomic mass is 19.4. The van der Waals surface area contributed by atoms with Gasteiger partial charge in [-0.25, -0.2) is 0 Å². The Morgan fingerprint density at radius 3 is 2.38 bits per heavy atom. The predicted molar refractivity (Wildman–Crippen MR) is 82.1 cm³/mol. The average molecular weight is 366 g/mol. The van der Waals surface area contributed by atoms with Gasteiger partial charge in [-0.15, -0.1) is 0 Å². The minimum Gasteiger partial charge on any atom is -0.360 e. The maximum Gasteiger partial charge on any atom is 0.471 e. The van der Waals surface area contributed by atoms with Gasteiger partial charge in [0.15, 0.2) is 5.69 Å². The first-order valence-electron chi connectivity index (χ1n) is 7.41. The highest BCUT2D eigenvalue weighted by molar-refractivity contribution is 5.91. The Morgan fingerprint density at radius 2 is 1.81 bits per heavy atom. The lowest BCUT2D eigenvalue weighted by Gasteiger charge is -2.05. The molecule has 0 saturated heterocycles. The molecule has 0 bridgehead atoms. The van der Waals surface area contributed by atoms with Crippen molar-refractivity contribution in [3.63, 3.8) is 0 Å². The zero-order valence-electron chi connectivity index (χ0n) is 13.7. The molecule has 1 aromatic carbocycles. The van der Waals surface area contributed by atoms with E-state index in [1.165, 1.54) is 4.90 Å². The monoisotopic (exact) mass is 366 g/mol. The predicted octanol–water partition coefficient (Wildman–Crippen LogP) is 3.04. The Kier molecular flexibility index (Phi) is 4.49. The Bertz CT molecular complexity index is 913. The van der Waals surface area contributed by atoms with Crippen molar-refractivity contribution in [1.82, 2.24) is 20.2 Å². The van der Waals surface area contributed by atoms with Crippen LogP contribution in [0, 0.1) is 0 Å². The standard InChI is InChI=1S/C16H13F3N4O3/c1-23(2)14(24)12-8-11(25-21-12)7-9-3-5-10(6-4-9)13-20-15(26-22-13)16(17,18)19/h3-6,8H,7H2,1-2H3. The summed E-state index contributed by atoms with van der Waals surface area (Å²) in [4.78, 5) is 16.5. The van der Waals surface area contributed by atoms with Gasteiger partial charge in [-0.2, -0.15) is 18.2 Å². The first-order chi connectivity index (χ1) is 12.2. The van der Waals surface area contributed by atoms with Crippen LogP contribution in [-0.2, 0) is 12.6 Å². The minimum absolute atomic E-state index is 0.151. The third kappa shape index (κ3) is 3.73. The zero-order chi connectivity index (χ0) is 18.9. The molecule has 3 rings (SSSR count). The molecule has 0 atom stereocenters. The van der Waals surface area contributed by atoms with E-state index in [0.29, 0.717) is 17.7 Å². The smallest absolute Gasteiger partial charge is 0.360 e. The van der Waals surface area contributed by atoms with E-state index in [0.717, 1.165) is 5.56 Å². The average Bonchev–Trinajstić information content (AvgIpc) is 3.24. The molecule has 0 radical (unpaired) electrons. The molecular weight excluding hydrogens is 353 g/mol. The van der Waals surface area contributed by atoms with Crippen LogP contribution >= 0.6 is 0 Å². The largest absolute Gasteiger partial charge is 0.471 e. The van der Waals surface area contributed by atoms with Gasteiger partial charge in [-0.1, -0.05) is 34.6 Å². The minimum atomic E-state index is -4.68. The van der Waals surface area contributed by atoms with Crippen LogP contribution in [0.2, 0.25) is 0 Å². The Balaban J connectivity index is 1.72. The number of rotatable bonds is 4. The van der Waals surface area contributed by atoms with E-state index in [4.69, 9.17) is 4.52 Å². The van der Waals surface area contributed by atoms with Gasteiger partial charge in [0, 0.05) is 32.1 Å². The first-order valence-corrected chi connectivity index (χ1v) is 7.41. The molecule has 2 heterocycles. The number of hydrogen-bond donors (Lipinski definition) is 0. The number of alkyl halides is 3. The number of amides is 1. The van der Waals surface area contributed by atoms with Gasteiger partial charge in [0.25, 0.3) is 5.91 Å². The van der Waals surface area contributed by atoms with Crippen molar-refractivity contribution in [3.8, 4) is 11.4 Å². The van der Waals surface area contributed by atoms with Gasteiger partial charge in [-0.3, -0.25) is 4.79 Å². The summed E-state index contributed by atoms with van der Waals surface area (Å²) in [7, 11) is 3.22. The molecule has 0 aliphatic heterocycles. The highest BCUT2D eigenvalue weighted by Crippen LogP contribution is 2.29. The second-order valence-corrected chi connectivity index (χ2v) is 5.67. The summed E-state index contributed by atoms with van der Waals surface area (Å²) in [5.41, 5.74) is 1.40. The number of aromatic nitrogens is 3. The van der Waals surface area contributed by atoms with Gasteiger partial charge in [0.05, 0.1) is 0 Å². The van der Waals surface area contributed by atoms with Crippen LogP contribution < -0.4 is 0 Å². The van der Waals surface area contributed by atoms with E-state index in [1.54, 1.807) is 44.4 Å². The molecule has 7 nitrogen and oxygen atoms in total. The van der Waals surface area contributed by atoms with Gasteiger partial charge in [0.2, 0.25) is 5.82 Å². The van der Waals surface area contributed by atoms with Crippen LogP contribution in [-0.4, -0.2) is 40.2 Å². The fourth-order valence-electron chi connectivity index (χ4n) is 2.15. The molecule has 0 aliphatic rings. The SMILES string of the molecule is CN(C)C(=O)c1cc(Cc2ccc(-c3noc(C(F)(F)F)n3)cc2)on1. The summed E-state index contributed by atoms with van der Waals surface area (Å²) in [6.45, 7) is 0. The molecule has 26 heavy (non-hydrogen) atoms. The van der Waals surface area contributed by atoms with Gasteiger partial charge in [0.1, 0.15) is 5.76 Å².